The molecule has 0 aliphatic heterocycles. The number of aromatic nitrogens is 1. The summed E-state index contributed by atoms with van der Waals surface area (Å²) in [5.74, 6) is 0.211. The van der Waals surface area contributed by atoms with E-state index in [1.165, 1.54) is 6.92 Å². The lowest BCUT2D eigenvalue weighted by atomic mass is 9.97. The number of nitrogens with zero attached hydrogens (tertiary/aromatic N) is 2. The van der Waals surface area contributed by atoms with E-state index >= 15 is 0 Å². The second kappa shape index (κ2) is 9.67. The zero-order chi connectivity index (χ0) is 23.3. The average Bonchev–Trinajstić information content (AvgIpc) is 2.81. The van der Waals surface area contributed by atoms with Crippen molar-refractivity contribution in [2.24, 2.45) is 0 Å². The third kappa shape index (κ3) is 4.40. The summed E-state index contributed by atoms with van der Waals surface area (Å²) in [4.78, 5) is 26.1. The van der Waals surface area contributed by atoms with Crippen molar-refractivity contribution in [1.29, 1.82) is 5.26 Å². The Morgan fingerprint density at radius 3 is 2.34 bits per heavy atom. The number of aromatic hydroxyl groups is 1. The molecule has 0 aliphatic carbocycles. The molecule has 0 bridgehead atoms. The number of carbonyl (C=O) groups excluding carboxylic acids is 1. The molecule has 0 saturated heterocycles. The summed E-state index contributed by atoms with van der Waals surface area (Å²) in [6.45, 7) is 5.37. The van der Waals surface area contributed by atoms with Crippen molar-refractivity contribution in [3.05, 3.63) is 99.4 Å². The number of hydrogen-bond donors (Lipinski definition) is 1. The van der Waals surface area contributed by atoms with E-state index in [0.717, 1.165) is 4.57 Å². The van der Waals surface area contributed by atoms with Gasteiger partial charge in [0.05, 0.1) is 19.2 Å². The number of hydrogen-bond acceptors (Lipinski definition) is 6. The van der Waals surface area contributed by atoms with Crippen LogP contribution >= 0.6 is 0 Å². The molecule has 162 valence electrons. The molecule has 0 amide bonds. The lowest BCUT2D eigenvalue weighted by molar-refractivity contribution is 0.103. The first-order valence-corrected chi connectivity index (χ1v) is 9.79. The number of ketones is 1. The summed E-state index contributed by atoms with van der Waals surface area (Å²) >= 11 is 0. The van der Waals surface area contributed by atoms with Crippen LogP contribution in [-0.2, 0) is 6.54 Å². The molecule has 0 unspecified atom stereocenters. The fourth-order valence-electron chi connectivity index (χ4n) is 3.28. The predicted molar refractivity (Wildman–Crippen MR) is 119 cm³/mol. The molecule has 3 aromatic rings. The van der Waals surface area contributed by atoms with Gasteiger partial charge in [-0.2, -0.15) is 5.26 Å². The van der Waals surface area contributed by atoms with Crippen LogP contribution in [0.3, 0.4) is 0 Å². The topological polar surface area (TPSA) is 102 Å². The first kappa shape index (κ1) is 22.4. The molecule has 0 fully saturated rings. The van der Waals surface area contributed by atoms with E-state index in [1.807, 2.05) is 6.07 Å². The van der Waals surface area contributed by atoms with E-state index in [4.69, 9.17) is 9.47 Å². The molecular weight excluding hydrogens is 408 g/mol. The number of rotatable bonds is 8. The highest BCUT2D eigenvalue weighted by atomic mass is 16.5. The predicted octanol–water partition coefficient (Wildman–Crippen LogP) is 3.59. The van der Waals surface area contributed by atoms with Crippen molar-refractivity contribution < 1.29 is 19.4 Å². The molecule has 0 saturated carbocycles. The van der Waals surface area contributed by atoms with Crippen LogP contribution in [0.2, 0.25) is 0 Å². The minimum absolute atomic E-state index is 0.0156. The summed E-state index contributed by atoms with van der Waals surface area (Å²) in [7, 11) is 1.54. The maximum atomic E-state index is 13.2. The third-order valence-electron chi connectivity index (χ3n) is 5.01. The second-order valence-electron chi connectivity index (χ2n) is 7.00. The summed E-state index contributed by atoms with van der Waals surface area (Å²) in [6.07, 6.45) is 1.61. The summed E-state index contributed by atoms with van der Waals surface area (Å²) < 4.78 is 11.6. The lowest BCUT2D eigenvalue weighted by Crippen LogP contribution is -2.27. The maximum absolute atomic E-state index is 13.2. The minimum atomic E-state index is -0.664. The highest BCUT2D eigenvalue weighted by Crippen LogP contribution is 2.26. The van der Waals surface area contributed by atoms with Gasteiger partial charge in [-0.25, -0.2) is 0 Å². The van der Waals surface area contributed by atoms with E-state index in [9.17, 15) is 20.0 Å². The van der Waals surface area contributed by atoms with E-state index in [2.05, 4.69) is 6.58 Å². The number of pyridine rings is 1. The summed E-state index contributed by atoms with van der Waals surface area (Å²) in [5.41, 5.74) is 0.173. The molecule has 7 heteroatoms. The molecule has 32 heavy (non-hydrogen) atoms. The first-order chi connectivity index (χ1) is 15.4. The number of methoxy groups -OCH3 is 1. The van der Waals surface area contributed by atoms with Crippen molar-refractivity contribution in [1.82, 2.24) is 4.57 Å². The molecule has 0 radical (unpaired) electrons. The molecule has 0 aliphatic rings. The smallest absolute Gasteiger partial charge is 0.271 e. The zero-order valence-corrected chi connectivity index (χ0v) is 17.8. The average molecular weight is 430 g/mol. The molecule has 7 nitrogen and oxygen atoms in total. The highest BCUT2D eigenvalue weighted by molar-refractivity contribution is 6.11. The van der Waals surface area contributed by atoms with Crippen molar-refractivity contribution in [3.63, 3.8) is 0 Å². The Kier molecular flexibility index (Phi) is 6.76. The van der Waals surface area contributed by atoms with Gasteiger partial charge in [-0.1, -0.05) is 24.8 Å². The number of nitriles is 1. The van der Waals surface area contributed by atoms with Crippen LogP contribution in [0.15, 0.2) is 66.0 Å². The van der Waals surface area contributed by atoms with Crippen molar-refractivity contribution in [2.75, 3.05) is 13.7 Å². The minimum Gasteiger partial charge on any atom is -0.497 e. The van der Waals surface area contributed by atoms with Gasteiger partial charge in [0.15, 0.2) is 5.78 Å². The van der Waals surface area contributed by atoms with Gasteiger partial charge in [0.1, 0.15) is 29.7 Å². The molecule has 2 aromatic carbocycles. The quantitative estimate of drug-likeness (QED) is 0.433. The van der Waals surface area contributed by atoms with Crippen LogP contribution in [0.1, 0.15) is 32.6 Å². The Hall–Kier alpha value is -4.31. The van der Waals surface area contributed by atoms with Crippen LogP contribution < -0.4 is 15.0 Å². The van der Waals surface area contributed by atoms with Gasteiger partial charge in [0.25, 0.3) is 5.56 Å². The summed E-state index contributed by atoms with van der Waals surface area (Å²) in [6, 6.07) is 15.2. The van der Waals surface area contributed by atoms with Crippen LogP contribution in [0.25, 0.3) is 0 Å². The monoisotopic (exact) mass is 430 g/mol. The normalized spacial score (nSPS) is 10.3. The van der Waals surface area contributed by atoms with Gasteiger partial charge in [-0.05, 0) is 54.4 Å². The van der Waals surface area contributed by atoms with E-state index in [-0.39, 0.29) is 28.8 Å². The van der Waals surface area contributed by atoms with Gasteiger partial charge in [-0.15, -0.1) is 0 Å². The Balaban J connectivity index is 2.06. The number of ether oxygens (including phenoxy) is 2. The largest absolute Gasteiger partial charge is 0.497 e. The van der Waals surface area contributed by atoms with E-state index < -0.39 is 17.2 Å². The van der Waals surface area contributed by atoms with E-state index in [0.29, 0.717) is 23.7 Å². The van der Waals surface area contributed by atoms with Gasteiger partial charge in [0.2, 0.25) is 5.88 Å². The number of benzene rings is 2. The molecule has 1 aromatic heterocycles. The number of carbonyl (C=O) groups is 1. The van der Waals surface area contributed by atoms with Gasteiger partial charge >= 0.3 is 0 Å². The molecule has 0 spiro atoms. The van der Waals surface area contributed by atoms with Crippen LogP contribution in [0, 0.1) is 18.3 Å². The van der Waals surface area contributed by atoms with Gasteiger partial charge < -0.3 is 14.6 Å². The highest BCUT2D eigenvalue weighted by Gasteiger charge is 2.25. The van der Waals surface area contributed by atoms with Gasteiger partial charge in [0, 0.05) is 5.56 Å². The maximum Gasteiger partial charge on any atom is 0.271 e. The van der Waals surface area contributed by atoms with Gasteiger partial charge in [-0.3, -0.25) is 14.2 Å². The molecule has 1 heterocycles. The van der Waals surface area contributed by atoms with Crippen molar-refractivity contribution in [3.8, 4) is 23.4 Å². The Labute approximate surface area is 185 Å². The Morgan fingerprint density at radius 1 is 1.16 bits per heavy atom. The van der Waals surface area contributed by atoms with Crippen LogP contribution in [0.4, 0.5) is 0 Å². The standard InChI is InChI=1S/C25H22N2O5/c1-4-13-32-20-11-7-18(8-12-20)23(28)22-16(2)21(14-26)24(29)27(25(22)30)15-17-5-9-19(31-3)10-6-17/h4-12,30H,1,13,15H2,2-3H3. The lowest BCUT2D eigenvalue weighted by Gasteiger charge is -2.16. The molecular formula is C25H22N2O5. The summed E-state index contributed by atoms with van der Waals surface area (Å²) in [5, 5.41) is 20.5. The fraction of sp³-hybridized carbons (Fsp3) is 0.160. The van der Waals surface area contributed by atoms with Crippen molar-refractivity contribution in [2.45, 2.75) is 13.5 Å². The zero-order valence-electron chi connectivity index (χ0n) is 17.8. The molecule has 1 N–H and O–H groups in total. The van der Waals surface area contributed by atoms with Crippen molar-refractivity contribution >= 4 is 5.78 Å². The fourth-order valence-corrected chi connectivity index (χ4v) is 3.28. The third-order valence-corrected chi connectivity index (χ3v) is 5.01. The SMILES string of the molecule is C=CCOc1ccc(C(=O)c2c(C)c(C#N)c(=O)n(Cc3ccc(OC)cc3)c2O)cc1. The molecule has 3 rings (SSSR count). The van der Waals surface area contributed by atoms with E-state index in [1.54, 1.807) is 61.7 Å². The first-order valence-electron chi connectivity index (χ1n) is 9.79. The van der Waals surface area contributed by atoms with Crippen LogP contribution in [0.5, 0.6) is 17.4 Å². The Morgan fingerprint density at radius 2 is 1.78 bits per heavy atom. The Bertz CT molecular complexity index is 1250. The van der Waals surface area contributed by atoms with Crippen LogP contribution in [-0.4, -0.2) is 29.2 Å². The second-order valence-corrected chi connectivity index (χ2v) is 7.00. The molecule has 0 atom stereocenters.